The predicted molar refractivity (Wildman–Crippen MR) is 125 cm³/mol. The highest BCUT2D eigenvalue weighted by molar-refractivity contribution is 5.95. The number of piperazine rings is 1. The third-order valence-corrected chi connectivity index (χ3v) is 6.72. The summed E-state index contributed by atoms with van der Waals surface area (Å²) in [7, 11) is 0. The van der Waals surface area contributed by atoms with E-state index in [9.17, 15) is 9.59 Å². The first kappa shape index (κ1) is 21.4. The molecule has 1 saturated heterocycles. The molecule has 4 nitrogen and oxygen atoms in total. The highest BCUT2D eigenvalue weighted by Crippen LogP contribution is 2.46. The second-order valence-corrected chi connectivity index (χ2v) is 9.20. The van der Waals surface area contributed by atoms with Gasteiger partial charge in [0.2, 0.25) is 5.91 Å². The van der Waals surface area contributed by atoms with E-state index in [1.165, 1.54) is 11.1 Å². The van der Waals surface area contributed by atoms with Gasteiger partial charge in [0.15, 0.2) is 0 Å². The summed E-state index contributed by atoms with van der Waals surface area (Å²) >= 11 is 0. The molecule has 2 aromatic rings. The minimum absolute atomic E-state index is 0.0456. The van der Waals surface area contributed by atoms with Gasteiger partial charge >= 0.3 is 0 Å². The lowest BCUT2D eigenvalue weighted by Crippen LogP contribution is -2.52. The number of carbonyl (C=O) groups excluding carboxylic acids is 2. The lowest BCUT2D eigenvalue weighted by atomic mass is 9.98. The summed E-state index contributed by atoms with van der Waals surface area (Å²) < 4.78 is 0. The maximum atomic E-state index is 13.0. The lowest BCUT2D eigenvalue weighted by molar-refractivity contribution is -0.137. The molecule has 1 heterocycles. The van der Waals surface area contributed by atoms with Crippen LogP contribution in [0.4, 0.5) is 0 Å². The van der Waals surface area contributed by atoms with E-state index in [2.05, 4.69) is 37.8 Å². The van der Waals surface area contributed by atoms with Crippen molar-refractivity contribution in [1.82, 2.24) is 9.80 Å². The zero-order chi connectivity index (χ0) is 22.0. The molecular weight excluding hydrogens is 384 g/mol. The van der Waals surface area contributed by atoms with Crippen molar-refractivity contribution in [3.05, 3.63) is 71.8 Å². The number of rotatable bonds is 6. The van der Waals surface area contributed by atoms with Gasteiger partial charge in [-0.2, -0.15) is 0 Å². The third-order valence-electron chi connectivity index (χ3n) is 6.72. The SMILES string of the molecule is C=C(CC)Cc1cccc(-c2ccc(C(=O)N3CCN(C(=O)C4(C)CC4)CC3)cc2)c1. The maximum absolute atomic E-state index is 13.0. The topological polar surface area (TPSA) is 40.6 Å². The fraction of sp³-hybridized carbons (Fsp3) is 0.407. The molecule has 2 fully saturated rings. The van der Waals surface area contributed by atoms with E-state index in [0.29, 0.717) is 31.7 Å². The van der Waals surface area contributed by atoms with Crippen LogP contribution in [0.2, 0.25) is 0 Å². The second kappa shape index (κ2) is 8.70. The van der Waals surface area contributed by atoms with Gasteiger partial charge in [-0.25, -0.2) is 0 Å². The number of hydrogen-bond donors (Lipinski definition) is 0. The molecular formula is C27H32N2O2. The van der Waals surface area contributed by atoms with E-state index >= 15 is 0 Å². The van der Waals surface area contributed by atoms with E-state index in [1.807, 2.05) is 41.0 Å². The van der Waals surface area contributed by atoms with Gasteiger partial charge in [-0.3, -0.25) is 9.59 Å². The normalized spacial score (nSPS) is 17.4. The van der Waals surface area contributed by atoms with Gasteiger partial charge in [0, 0.05) is 37.2 Å². The molecule has 0 atom stereocenters. The number of carbonyl (C=O) groups is 2. The van der Waals surface area contributed by atoms with Gasteiger partial charge < -0.3 is 9.80 Å². The summed E-state index contributed by atoms with van der Waals surface area (Å²) in [4.78, 5) is 29.3. The Kier molecular flexibility index (Phi) is 5.99. The van der Waals surface area contributed by atoms with Crippen molar-refractivity contribution in [3.8, 4) is 11.1 Å². The number of benzene rings is 2. The molecule has 0 radical (unpaired) electrons. The van der Waals surface area contributed by atoms with E-state index in [-0.39, 0.29) is 17.2 Å². The lowest BCUT2D eigenvalue weighted by Gasteiger charge is -2.36. The van der Waals surface area contributed by atoms with Crippen molar-refractivity contribution in [1.29, 1.82) is 0 Å². The van der Waals surface area contributed by atoms with E-state index in [1.54, 1.807) is 0 Å². The standard InChI is InChI=1S/C27H32N2O2/c1-4-20(2)18-21-6-5-7-24(19-21)22-8-10-23(11-9-22)25(30)28-14-16-29(17-15-28)26(31)27(3)12-13-27/h5-11,19H,2,4,12-18H2,1,3H3. The minimum atomic E-state index is -0.136. The maximum Gasteiger partial charge on any atom is 0.253 e. The van der Waals surface area contributed by atoms with Gasteiger partial charge in [0.1, 0.15) is 0 Å². The first-order valence-corrected chi connectivity index (χ1v) is 11.3. The van der Waals surface area contributed by atoms with Crippen LogP contribution in [0.5, 0.6) is 0 Å². The Balaban J connectivity index is 1.38. The van der Waals surface area contributed by atoms with Crippen molar-refractivity contribution >= 4 is 11.8 Å². The summed E-state index contributed by atoms with van der Waals surface area (Å²) in [5, 5.41) is 0. The molecule has 2 aliphatic rings. The van der Waals surface area contributed by atoms with E-state index in [4.69, 9.17) is 0 Å². The Morgan fingerprint density at radius 1 is 0.935 bits per heavy atom. The summed E-state index contributed by atoms with van der Waals surface area (Å²) in [6.07, 6.45) is 3.87. The molecule has 0 bridgehead atoms. The summed E-state index contributed by atoms with van der Waals surface area (Å²) in [6, 6.07) is 16.4. The van der Waals surface area contributed by atoms with E-state index in [0.717, 1.165) is 36.8 Å². The Hall–Kier alpha value is -2.88. The molecule has 0 spiro atoms. The Bertz CT molecular complexity index is 981. The molecule has 162 valence electrons. The number of nitrogens with zero attached hydrogens (tertiary/aromatic N) is 2. The van der Waals surface area contributed by atoms with Crippen LogP contribution in [0.15, 0.2) is 60.7 Å². The van der Waals surface area contributed by atoms with Crippen molar-refractivity contribution in [2.45, 2.75) is 39.5 Å². The van der Waals surface area contributed by atoms with Crippen molar-refractivity contribution in [2.24, 2.45) is 5.41 Å². The molecule has 31 heavy (non-hydrogen) atoms. The highest BCUT2D eigenvalue weighted by atomic mass is 16.2. The smallest absolute Gasteiger partial charge is 0.253 e. The monoisotopic (exact) mass is 416 g/mol. The average Bonchev–Trinajstić information content (AvgIpc) is 3.57. The summed E-state index contributed by atoms with van der Waals surface area (Å²) in [6.45, 7) is 10.8. The van der Waals surface area contributed by atoms with Crippen molar-refractivity contribution < 1.29 is 9.59 Å². The van der Waals surface area contributed by atoms with Crippen LogP contribution in [-0.2, 0) is 11.2 Å². The molecule has 1 aliphatic heterocycles. The zero-order valence-corrected chi connectivity index (χ0v) is 18.7. The van der Waals surface area contributed by atoms with Crippen LogP contribution < -0.4 is 0 Å². The predicted octanol–water partition coefficient (Wildman–Crippen LogP) is 4.95. The third kappa shape index (κ3) is 4.73. The van der Waals surface area contributed by atoms with Crippen LogP contribution in [0.25, 0.3) is 11.1 Å². The molecule has 0 aromatic heterocycles. The summed E-state index contributed by atoms with van der Waals surface area (Å²) in [5.41, 5.74) is 5.31. The second-order valence-electron chi connectivity index (χ2n) is 9.20. The molecule has 4 heteroatoms. The molecule has 1 aliphatic carbocycles. The van der Waals surface area contributed by atoms with Gasteiger partial charge in [-0.1, -0.05) is 62.4 Å². The first-order chi connectivity index (χ1) is 14.9. The van der Waals surface area contributed by atoms with Crippen LogP contribution in [0.1, 0.15) is 49.0 Å². The van der Waals surface area contributed by atoms with Crippen LogP contribution >= 0.6 is 0 Å². The Morgan fingerprint density at radius 2 is 1.58 bits per heavy atom. The molecule has 2 amide bonds. The summed E-state index contributed by atoms with van der Waals surface area (Å²) in [5.74, 6) is 0.304. The first-order valence-electron chi connectivity index (χ1n) is 11.3. The Morgan fingerprint density at radius 3 is 2.19 bits per heavy atom. The minimum Gasteiger partial charge on any atom is -0.339 e. The van der Waals surface area contributed by atoms with Gasteiger partial charge in [0.05, 0.1) is 0 Å². The zero-order valence-electron chi connectivity index (χ0n) is 18.7. The van der Waals surface area contributed by atoms with Gasteiger partial charge in [0.25, 0.3) is 5.91 Å². The van der Waals surface area contributed by atoms with Crippen LogP contribution in [-0.4, -0.2) is 47.8 Å². The van der Waals surface area contributed by atoms with Crippen LogP contribution in [0, 0.1) is 5.41 Å². The van der Waals surface area contributed by atoms with E-state index < -0.39 is 0 Å². The fourth-order valence-electron chi connectivity index (χ4n) is 4.16. The largest absolute Gasteiger partial charge is 0.339 e. The Labute approximate surface area is 185 Å². The van der Waals surface area contributed by atoms with Crippen molar-refractivity contribution in [2.75, 3.05) is 26.2 Å². The fourth-order valence-corrected chi connectivity index (χ4v) is 4.16. The van der Waals surface area contributed by atoms with Gasteiger partial charge in [-0.05, 0) is 54.5 Å². The highest BCUT2D eigenvalue weighted by Gasteiger charge is 2.47. The number of amides is 2. The molecule has 2 aromatic carbocycles. The molecule has 0 unspecified atom stereocenters. The number of allylic oxidation sites excluding steroid dienone is 1. The van der Waals surface area contributed by atoms with Gasteiger partial charge in [-0.15, -0.1) is 0 Å². The molecule has 0 N–H and O–H groups in total. The van der Waals surface area contributed by atoms with Crippen LogP contribution in [0.3, 0.4) is 0 Å². The molecule has 4 rings (SSSR count). The number of hydrogen-bond acceptors (Lipinski definition) is 2. The van der Waals surface area contributed by atoms with Crippen molar-refractivity contribution in [3.63, 3.8) is 0 Å². The molecule has 1 saturated carbocycles. The quantitative estimate of drug-likeness (QED) is 0.626. The average molecular weight is 417 g/mol.